The van der Waals surface area contributed by atoms with Crippen molar-refractivity contribution in [3.63, 3.8) is 0 Å². The standard InChI is InChI=1S/C12H12N2O2S/c1-3-16-11(15)14-6-4-9-5-7-17-10(9)12(14,2)8-13/h4-7H,3H2,1-2H3. The molecule has 1 unspecified atom stereocenters. The highest BCUT2D eigenvalue weighted by atomic mass is 32.1. The van der Waals surface area contributed by atoms with Crippen LogP contribution in [-0.4, -0.2) is 17.6 Å². The van der Waals surface area contributed by atoms with Crippen LogP contribution in [0.25, 0.3) is 6.08 Å². The van der Waals surface area contributed by atoms with E-state index in [-0.39, 0.29) is 0 Å². The maximum atomic E-state index is 11.8. The largest absolute Gasteiger partial charge is 0.449 e. The summed E-state index contributed by atoms with van der Waals surface area (Å²) in [5.41, 5.74) is 0.00410. The first-order valence-electron chi connectivity index (χ1n) is 5.27. The Bertz CT molecular complexity index is 515. The van der Waals surface area contributed by atoms with Crippen molar-refractivity contribution in [2.45, 2.75) is 19.4 Å². The van der Waals surface area contributed by atoms with E-state index < -0.39 is 11.6 Å². The molecule has 2 heterocycles. The summed E-state index contributed by atoms with van der Waals surface area (Å²) in [6.45, 7) is 3.76. The monoisotopic (exact) mass is 248 g/mol. The van der Waals surface area contributed by atoms with Crippen LogP contribution in [0.15, 0.2) is 17.6 Å². The molecule has 0 saturated carbocycles. The van der Waals surface area contributed by atoms with E-state index in [1.54, 1.807) is 20.0 Å². The highest BCUT2D eigenvalue weighted by Gasteiger charge is 2.41. The fourth-order valence-electron chi connectivity index (χ4n) is 1.80. The molecule has 1 aromatic rings. The fourth-order valence-corrected chi connectivity index (χ4v) is 2.80. The summed E-state index contributed by atoms with van der Waals surface area (Å²) in [6.07, 6.45) is 2.94. The first kappa shape index (κ1) is 11.7. The number of hydrogen-bond donors (Lipinski definition) is 0. The Morgan fingerprint density at radius 2 is 2.47 bits per heavy atom. The zero-order valence-electron chi connectivity index (χ0n) is 9.64. The maximum absolute atomic E-state index is 11.8. The van der Waals surface area contributed by atoms with E-state index >= 15 is 0 Å². The van der Waals surface area contributed by atoms with E-state index in [1.807, 2.05) is 17.5 Å². The number of nitriles is 1. The number of thiophene rings is 1. The second-order valence-corrected chi connectivity index (χ2v) is 4.69. The minimum Gasteiger partial charge on any atom is -0.449 e. The average molecular weight is 248 g/mol. The van der Waals surface area contributed by atoms with E-state index in [1.165, 1.54) is 16.2 Å². The third kappa shape index (κ3) is 1.71. The molecule has 0 aliphatic carbocycles. The van der Waals surface area contributed by atoms with Gasteiger partial charge >= 0.3 is 6.09 Å². The SMILES string of the molecule is CCOC(=O)N1C=Cc2ccsc2C1(C)C#N. The van der Waals surface area contributed by atoms with Crippen molar-refractivity contribution in [2.75, 3.05) is 6.61 Å². The molecule has 1 aliphatic rings. The third-order valence-corrected chi connectivity index (χ3v) is 3.85. The second-order valence-electron chi connectivity index (χ2n) is 3.77. The highest BCUT2D eigenvalue weighted by molar-refractivity contribution is 7.10. The van der Waals surface area contributed by atoms with Crippen LogP contribution < -0.4 is 0 Å². The van der Waals surface area contributed by atoms with Gasteiger partial charge in [-0.05, 0) is 36.9 Å². The van der Waals surface area contributed by atoms with Crippen molar-refractivity contribution in [2.24, 2.45) is 0 Å². The highest BCUT2D eigenvalue weighted by Crippen LogP contribution is 2.39. The van der Waals surface area contributed by atoms with Gasteiger partial charge in [0.15, 0.2) is 5.54 Å². The summed E-state index contributed by atoms with van der Waals surface area (Å²) in [6, 6.07) is 4.14. The third-order valence-electron chi connectivity index (χ3n) is 2.71. The van der Waals surface area contributed by atoms with Gasteiger partial charge < -0.3 is 4.74 Å². The number of carbonyl (C=O) groups is 1. The Kier molecular flexibility index (Phi) is 2.90. The Balaban J connectivity index is 2.44. The number of amides is 1. The smallest absolute Gasteiger partial charge is 0.415 e. The lowest BCUT2D eigenvalue weighted by Gasteiger charge is -2.34. The number of carbonyl (C=O) groups excluding carboxylic acids is 1. The molecule has 4 nitrogen and oxygen atoms in total. The molecule has 0 radical (unpaired) electrons. The van der Waals surface area contributed by atoms with Crippen molar-refractivity contribution < 1.29 is 9.53 Å². The predicted molar refractivity (Wildman–Crippen MR) is 65.2 cm³/mol. The van der Waals surface area contributed by atoms with Gasteiger partial charge in [-0.25, -0.2) is 4.79 Å². The molecule has 1 atom stereocenters. The number of nitrogens with zero attached hydrogens (tertiary/aromatic N) is 2. The Morgan fingerprint density at radius 1 is 1.71 bits per heavy atom. The first-order chi connectivity index (χ1) is 8.13. The lowest BCUT2D eigenvalue weighted by Crippen LogP contribution is -2.44. The summed E-state index contributed by atoms with van der Waals surface area (Å²) in [7, 11) is 0. The minimum absolute atomic E-state index is 0.294. The van der Waals surface area contributed by atoms with Crippen LogP contribution in [0.4, 0.5) is 4.79 Å². The van der Waals surface area contributed by atoms with Gasteiger partial charge in [-0.3, -0.25) is 4.90 Å². The van der Waals surface area contributed by atoms with Crippen LogP contribution in [-0.2, 0) is 10.3 Å². The average Bonchev–Trinajstić information content (AvgIpc) is 2.79. The molecule has 1 aliphatic heterocycles. The van der Waals surface area contributed by atoms with Crippen LogP contribution in [0.3, 0.4) is 0 Å². The van der Waals surface area contributed by atoms with Crippen LogP contribution in [0.5, 0.6) is 0 Å². The molecular weight excluding hydrogens is 236 g/mol. The maximum Gasteiger partial charge on any atom is 0.415 e. The van der Waals surface area contributed by atoms with E-state index in [9.17, 15) is 10.1 Å². The van der Waals surface area contributed by atoms with Crippen molar-refractivity contribution in [1.29, 1.82) is 5.26 Å². The van der Waals surface area contributed by atoms with Gasteiger partial charge in [-0.15, -0.1) is 11.3 Å². The molecule has 0 saturated heterocycles. The summed E-state index contributed by atoms with van der Waals surface area (Å²) in [4.78, 5) is 14.0. The quantitative estimate of drug-likeness (QED) is 0.767. The molecule has 1 amide bonds. The van der Waals surface area contributed by atoms with Gasteiger partial charge in [-0.1, -0.05) is 0 Å². The van der Waals surface area contributed by atoms with Crippen molar-refractivity contribution in [3.05, 3.63) is 28.1 Å². The molecule has 17 heavy (non-hydrogen) atoms. The van der Waals surface area contributed by atoms with Gasteiger partial charge in [0.2, 0.25) is 0 Å². The lowest BCUT2D eigenvalue weighted by molar-refractivity contribution is 0.0992. The molecule has 0 bridgehead atoms. The summed E-state index contributed by atoms with van der Waals surface area (Å²) in [5.74, 6) is 0. The second kappa shape index (κ2) is 4.22. The fraction of sp³-hybridized carbons (Fsp3) is 0.333. The molecule has 5 heteroatoms. The first-order valence-corrected chi connectivity index (χ1v) is 6.15. The van der Waals surface area contributed by atoms with Crippen LogP contribution in [0.2, 0.25) is 0 Å². The van der Waals surface area contributed by atoms with E-state index in [0.717, 1.165) is 10.4 Å². The summed E-state index contributed by atoms with van der Waals surface area (Å²) in [5, 5.41) is 11.3. The molecule has 0 spiro atoms. The minimum atomic E-state index is -0.982. The molecule has 0 N–H and O–H groups in total. The van der Waals surface area contributed by atoms with E-state index in [4.69, 9.17) is 4.74 Å². The van der Waals surface area contributed by atoms with Gasteiger partial charge in [0.05, 0.1) is 17.6 Å². The molecule has 1 aromatic heterocycles. The van der Waals surface area contributed by atoms with E-state index in [0.29, 0.717) is 6.61 Å². The number of ether oxygens (including phenoxy) is 1. The molecule has 0 aromatic carbocycles. The van der Waals surface area contributed by atoms with Gasteiger partial charge in [0.1, 0.15) is 0 Å². The van der Waals surface area contributed by atoms with Crippen LogP contribution >= 0.6 is 11.3 Å². The van der Waals surface area contributed by atoms with Crippen LogP contribution in [0.1, 0.15) is 24.3 Å². The Hall–Kier alpha value is -1.80. The molecule has 88 valence electrons. The van der Waals surface area contributed by atoms with E-state index in [2.05, 4.69) is 6.07 Å². The summed E-state index contributed by atoms with van der Waals surface area (Å²) < 4.78 is 4.96. The van der Waals surface area contributed by atoms with Gasteiger partial charge in [-0.2, -0.15) is 5.26 Å². The van der Waals surface area contributed by atoms with Crippen molar-refractivity contribution in [1.82, 2.24) is 4.90 Å². The topological polar surface area (TPSA) is 53.3 Å². The molecular formula is C12H12N2O2S. The number of rotatable bonds is 1. The Labute approximate surface area is 104 Å². The zero-order chi connectivity index (χ0) is 12.5. The van der Waals surface area contributed by atoms with Gasteiger partial charge in [0.25, 0.3) is 0 Å². The predicted octanol–water partition coefficient (Wildman–Crippen LogP) is 2.93. The Morgan fingerprint density at radius 3 is 3.12 bits per heavy atom. The normalized spacial score (nSPS) is 21.8. The molecule has 2 rings (SSSR count). The lowest BCUT2D eigenvalue weighted by atomic mass is 9.94. The van der Waals surface area contributed by atoms with Gasteiger partial charge in [0, 0.05) is 6.20 Å². The van der Waals surface area contributed by atoms with Crippen molar-refractivity contribution >= 4 is 23.5 Å². The molecule has 0 fully saturated rings. The zero-order valence-corrected chi connectivity index (χ0v) is 10.5. The van der Waals surface area contributed by atoms with Crippen molar-refractivity contribution in [3.8, 4) is 6.07 Å². The summed E-state index contributed by atoms with van der Waals surface area (Å²) >= 11 is 1.47. The van der Waals surface area contributed by atoms with Crippen LogP contribution in [0, 0.1) is 11.3 Å². The number of hydrogen-bond acceptors (Lipinski definition) is 4. The number of fused-ring (bicyclic) bond motifs is 1.